The minimum Gasteiger partial charge on any atom is -0.454 e. The maximum absolute atomic E-state index is 12.2. The van der Waals surface area contributed by atoms with E-state index >= 15 is 0 Å². The Kier molecular flexibility index (Phi) is 4.06. The Morgan fingerprint density at radius 1 is 1.18 bits per heavy atom. The smallest absolute Gasteiger partial charge is 0.268 e. The van der Waals surface area contributed by atoms with Gasteiger partial charge in [-0.3, -0.25) is 10.1 Å². The highest BCUT2D eigenvalue weighted by atomic mass is 32.1. The first-order chi connectivity index (χ1) is 13.8. The molecule has 28 heavy (non-hydrogen) atoms. The summed E-state index contributed by atoms with van der Waals surface area (Å²) in [5.41, 5.74) is 2.49. The van der Waals surface area contributed by atoms with Gasteiger partial charge in [0.15, 0.2) is 17.1 Å². The van der Waals surface area contributed by atoms with E-state index < -0.39 is 0 Å². The van der Waals surface area contributed by atoms with Gasteiger partial charge in [-0.2, -0.15) is 4.98 Å². The summed E-state index contributed by atoms with van der Waals surface area (Å²) in [6.07, 6.45) is 1.79. The lowest BCUT2D eigenvalue weighted by Crippen LogP contribution is -2.11. The summed E-state index contributed by atoms with van der Waals surface area (Å²) in [4.78, 5) is 17.3. The largest absolute Gasteiger partial charge is 0.454 e. The number of ether oxygens (including phenoxy) is 2. The number of amides is 1. The predicted octanol–water partition coefficient (Wildman–Crippen LogP) is 3.38. The lowest BCUT2D eigenvalue weighted by molar-refractivity contribution is 0.102. The van der Waals surface area contributed by atoms with Crippen molar-refractivity contribution in [3.05, 3.63) is 64.5 Å². The fourth-order valence-electron chi connectivity index (χ4n) is 2.92. The first kappa shape index (κ1) is 16.6. The van der Waals surface area contributed by atoms with Gasteiger partial charge in [0.25, 0.3) is 5.91 Å². The van der Waals surface area contributed by atoms with Gasteiger partial charge >= 0.3 is 0 Å². The number of carbonyl (C=O) groups excluding carboxylic acids is 1. The number of hydrogen-bond acceptors (Lipinski definition) is 7. The standard InChI is InChI=1S/C19H15N5O3S/c25-18(16-4-2-8-28-16)22-19-21-17-13(3-1-7-24(17)23-19)20-10-12-5-6-14-15(9-12)27-11-26-14/h1-9,20H,10-11H2,(H,22,23,25). The summed E-state index contributed by atoms with van der Waals surface area (Å²) in [7, 11) is 0. The number of aromatic nitrogens is 3. The van der Waals surface area contributed by atoms with Crippen molar-refractivity contribution in [3.63, 3.8) is 0 Å². The second kappa shape index (κ2) is 6.86. The number of rotatable bonds is 5. The molecule has 5 rings (SSSR count). The number of fused-ring (bicyclic) bond motifs is 2. The van der Waals surface area contributed by atoms with Crippen LogP contribution in [-0.2, 0) is 6.54 Å². The molecule has 1 aliphatic heterocycles. The molecule has 0 fully saturated rings. The normalized spacial score (nSPS) is 12.3. The molecule has 4 heterocycles. The van der Waals surface area contributed by atoms with Crippen molar-refractivity contribution >= 4 is 34.5 Å². The van der Waals surface area contributed by atoms with Crippen LogP contribution in [0.5, 0.6) is 11.5 Å². The van der Waals surface area contributed by atoms with Crippen molar-refractivity contribution in [3.8, 4) is 11.5 Å². The Bertz CT molecular complexity index is 1160. The molecule has 0 bridgehead atoms. The van der Waals surface area contributed by atoms with Crippen molar-refractivity contribution in [2.24, 2.45) is 0 Å². The zero-order valence-electron chi connectivity index (χ0n) is 14.6. The molecule has 2 N–H and O–H groups in total. The van der Waals surface area contributed by atoms with Gasteiger partial charge in [0.2, 0.25) is 12.7 Å². The molecule has 9 heteroatoms. The SMILES string of the molecule is O=C(Nc1nc2c(NCc3ccc4c(c3)OCO4)cccn2n1)c1cccs1. The summed E-state index contributed by atoms with van der Waals surface area (Å²) >= 11 is 1.37. The van der Waals surface area contributed by atoms with Gasteiger partial charge in [-0.15, -0.1) is 16.4 Å². The number of benzene rings is 1. The van der Waals surface area contributed by atoms with Gasteiger partial charge in [0.05, 0.1) is 10.6 Å². The van der Waals surface area contributed by atoms with Gasteiger partial charge in [-0.1, -0.05) is 12.1 Å². The summed E-state index contributed by atoms with van der Waals surface area (Å²) in [5.74, 6) is 1.55. The molecule has 0 radical (unpaired) electrons. The summed E-state index contributed by atoms with van der Waals surface area (Å²) in [6, 6.07) is 13.2. The van der Waals surface area contributed by atoms with Crippen LogP contribution >= 0.6 is 11.3 Å². The van der Waals surface area contributed by atoms with E-state index in [1.165, 1.54) is 11.3 Å². The van der Waals surface area contributed by atoms with Crippen LogP contribution in [0.15, 0.2) is 54.0 Å². The first-order valence-corrected chi connectivity index (χ1v) is 9.47. The van der Waals surface area contributed by atoms with Crippen LogP contribution in [0, 0.1) is 0 Å². The van der Waals surface area contributed by atoms with Crippen molar-refractivity contribution < 1.29 is 14.3 Å². The maximum atomic E-state index is 12.2. The van der Waals surface area contributed by atoms with Crippen molar-refractivity contribution in [2.75, 3.05) is 17.4 Å². The first-order valence-electron chi connectivity index (χ1n) is 8.59. The van der Waals surface area contributed by atoms with Crippen molar-refractivity contribution in [1.82, 2.24) is 14.6 Å². The summed E-state index contributed by atoms with van der Waals surface area (Å²) in [6.45, 7) is 0.839. The van der Waals surface area contributed by atoms with Crippen LogP contribution in [0.25, 0.3) is 5.65 Å². The van der Waals surface area contributed by atoms with Crippen molar-refractivity contribution in [2.45, 2.75) is 6.54 Å². The van der Waals surface area contributed by atoms with E-state index in [4.69, 9.17) is 9.47 Å². The Balaban J connectivity index is 1.35. The second-order valence-electron chi connectivity index (χ2n) is 6.10. The van der Waals surface area contributed by atoms with E-state index in [-0.39, 0.29) is 18.6 Å². The van der Waals surface area contributed by atoms with E-state index in [9.17, 15) is 4.79 Å². The summed E-state index contributed by atoms with van der Waals surface area (Å²) < 4.78 is 12.4. The number of pyridine rings is 1. The molecular formula is C19H15N5O3S. The zero-order chi connectivity index (χ0) is 18.9. The number of carbonyl (C=O) groups is 1. The van der Waals surface area contributed by atoms with Gasteiger partial charge in [-0.25, -0.2) is 4.52 Å². The van der Waals surface area contributed by atoms with Crippen LogP contribution in [0.1, 0.15) is 15.2 Å². The molecule has 0 atom stereocenters. The monoisotopic (exact) mass is 393 g/mol. The molecule has 140 valence electrons. The molecule has 0 unspecified atom stereocenters. The van der Waals surface area contributed by atoms with E-state index in [1.54, 1.807) is 16.8 Å². The predicted molar refractivity (Wildman–Crippen MR) is 105 cm³/mol. The molecule has 3 aromatic heterocycles. The van der Waals surface area contributed by atoms with E-state index in [0.717, 1.165) is 22.7 Å². The van der Waals surface area contributed by atoms with Gasteiger partial charge in [0.1, 0.15) is 0 Å². The van der Waals surface area contributed by atoms with Crippen LogP contribution in [0.3, 0.4) is 0 Å². The van der Waals surface area contributed by atoms with Crippen LogP contribution in [0.4, 0.5) is 11.6 Å². The quantitative estimate of drug-likeness (QED) is 0.540. The lowest BCUT2D eigenvalue weighted by Gasteiger charge is -2.07. The zero-order valence-corrected chi connectivity index (χ0v) is 15.4. The van der Waals surface area contributed by atoms with Gasteiger partial charge in [0, 0.05) is 12.7 Å². The molecule has 0 aliphatic carbocycles. The number of anilines is 2. The highest BCUT2D eigenvalue weighted by molar-refractivity contribution is 7.12. The second-order valence-corrected chi connectivity index (χ2v) is 7.05. The molecule has 1 amide bonds. The topological polar surface area (TPSA) is 89.8 Å². The number of hydrogen-bond donors (Lipinski definition) is 2. The minimum atomic E-state index is -0.222. The average molecular weight is 393 g/mol. The molecular weight excluding hydrogens is 378 g/mol. The third-order valence-corrected chi connectivity index (χ3v) is 5.12. The Labute approximate surface area is 163 Å². The average Bonchev–Trinajstić information content (AvgIpc) is 3.45. The molecule has 8 nitrogen and oxygen atoms in total. The van der Waals surface area contributed by atoms with Crippen LogP contribution < -0.4 is 20.1 Å². The number of nitrogens with zero attached hydrogens (tertiary/aromatic N) is 3. The number of nitrogens with one attached hydrogen (secondary N) is 2. The Morgan fingerprint density at radius 3 is 3.00 bits per heavy atom. The molecule has 4 aromatic rings. The fraction of sp³-hybridized carbons (Fsp3) is 0.105. The minimum absolute atomic E-state index is 0.222. The molecule has 0 spiro atoms. The third kappa shape index (κ3) is 3.12. The van der Waals surface area contributed by atoms with Gasteiger partial charge < -0.3 is 14.8 Å². The van der Waals surface area contributed by atoms with Crippen LogP contribution in [0.2, 0.25) is 0 Å². The molecule has 0 saturated heterocycles. The Hall–Kier alpha value is -3.59. The summed E-state index contributed by atoms with van der Waals surface area (Å²) in [5, 5.41) is 12.3. The molecule has 0 saturated carbocycles. The third-order valence-electron chi connectivity index (χ3n) is 4.25. The van der Waals surface area contributed by atoms with Crippen LogP contribution in [-0.4, -0.2) is 27.3 Å². The van der Waals surface area contributed by atoms with E-state index in [1.807, 2.05) is 41.8 Å². The highest BCUT2D eigenvalue weighted by Gasteiger charge is 2.15. The highest BCUT2D eigenvalue weighted by Crippen LogP contribution is 2.32. The fourth-order valence-corrected chi connectivity index (χ4v) is 3.54. The van der Waals surface area contributed by atoms with Crippen molar-refractivity contribution in [1.29, 1.82) is 0 Å². The van der Waals surface area contributed by atoms with Gasteiger partial charge in [-0.05, 0) is 41.3 Å². The lowest BCUT2D eigenvalue weighted by atomic mass is 10.2. The maximum Gasteiger partial charge on any atom is 0.268 e. The molecule has 1 aliphatic rings. The molecule has 1 aromatic carbocycles. The Morgan fingerprint density at radius 2 is 2.11 bits per heavy atom. The van der Waals surface area contributed by atoms with E-state index in [0.29, 0.717) is 17.1 Å². The number of thiophene rings is 1. The van der Waals surface area contributed by atoms with E-state index in [2.05, 4.69) is 20.7 Å².